The molecule has 1 N–H and O–H groups in total. The molecule has 1 aromatic heterocycles. The minimum absolute atomic E-state index is 0.168. The fraction of sp³-hybridized carbons (Fsp3) is 0.280. The fourth-order valence-corrected chi connectivity index (χ4v) is 3.67. The van der Waals surface area contributed by atoms with Gasteiger partial charge in [-0.05, 0) is 74.5 Å². The molecule has 5 nitrogen and oxygen atoms in total. The Morgan fingerprint density at radius 1 is 0.968 bits per heavy atom. The van der Waals surface area contributed by atoms with Crippen LogP contribution in [0.2, 0.25) is 0 Å². The molecule has 0 unspecified atom stereocenters. The van der Waals surface area contributed by atoms with Crippen molar-refractivity contribution >= 4 is 5.91 Å². The average molecular weight is 420 g/mol. The number of hydrogen-bond donors (Lipinski definition) is 1. The van der Waals surface area contributed by atoms with E-state index in [0.717, 1.165) is 25.2 Å². The Balaban J connectivity index is 1.37. The maximum atomic E-state index is 13.8. The lowest BCUT2D eigenvalue weighted by atomic mass is 10.1. The van der Waals surface area contributed by atoms with Gasteiger partial charge in [-0.15, -0.1) is 0 Å². The number of carbonyl (C=O) groups is 1. The van der Waals surface area contributed by atoms with Gasteiger partial charge in [-0.25, -0.2) is 9.37 Å². The van der Waals surface area contributed by atoms with Gasteiger partial charge in [0.2, 0.25) is 0 Å². The van der Waals surface area contributed by atoms with Crippen molar-refractivity contribution in [2.24, 2.45) is 0 Å². The molecule has 0 bridgehead atoms. The van der Waals surface area contributed by atoms with Gasteiger partial charge in [0.1, 0.15) is 11.4 Å². The van der Waals surface area contributed by atoms with Crippen molar-refractivity contribution in [2.45, 2.75) is 19.3 Å². The van der Waals surface area contributed by atoms with Crippen molar-refractivity contribution in [3.63, 3.8) is 0 Å². The summed E-state index contributed by atoms with van der Waals surface area (Å²) in [7, 11) is 0. The number of para-hydroxylation sites is 1. The van der Waals surface area contributed by atoms with Crippen molar-refractivity contribution in [3.05, 3.63) is 78.2 Å². The molecular weight excluding hydrogens is 393 g/mol. The van der Waals surface area contributed by atoms with Crippen molar-refractivity contribution in [2.75, 3.05) is 26.2 Å². The third-order valence-electron chi connectivity index (χ3n) is 5.36. The third-order valence-corrected chi connectivity index (χ3v) is 5.36. The molecule has 0 aliphatic carbocycles. The molecule has 160 valence electrons. The van der Waals surface area contributed by atoms with Crippen LogP contribution in [0.5, 0.6) is 11.5 Å². The molecule has 0 spiro atoms. The molecule has 1 saturated heterocycles. The summed E-state index contributed by atoms with van der Waals surface area (Å²) >= 11 is 0. The minimum Gasteiger partial charge on any atom is -0.454 e. The van der Waals surface area contributed by atoms with E-state index in [1.54, 1.807) is 36.4 Å². The van der Waals surface area contributed by atoms with Gasteiger partial charge in [-0.3, -0.25) is 4.79 Å². The van der Waals surface area contributed by atoms with Gasteiger partial charge in [0.15, 0.2) is 11.6 Å². The Bertz CT molecular complexity index is 1020. The van der Waals surface area contributed by atoms with Crippen LogP contribution in [0, 0.1) is 5.82 Å². The van der Waals surface area contributed by atoms with E-state index < -0.39 is 5.82 Å². The average Bonchev–Trinajstić information content (AvgIpc) is 2.82. The second-order valence-corrected chi connectivity index (χ2v) is 7.62. The maximum Gasteiger partial charge on any atom is 0.269 e. The highest BCUT2D eigenvalue weighted by Crippen LogP contribution is 2.26. The van der Waals surface area contributed by atoms with Gasteiger partial charge in [0.25, 0.3) is 5.91 Å². The van der Waals surface area contributed by atoms with Crippen LogP contribution >= 0.6 is 0 Å². The van der Waals surface area contributed by atoms with E-state index in [2.05, 4.69) is 15.2 Å². The first-order valence-electron chi connectivity index (χ1n) is 10.7. The topological polar surface area (TPSA) is 54.5 Å². The predicted molar refractivity (Wildman–Crippen MR) is 119 cm³/mol. The number of likely N-dealkylation sites (tertiary alicyclic amines) is 1. The van der Waals surface area contributed by atoms with Crippen molar-refractivity contribution in [3.8, 4) is 22.8 Å². The smallest absolute Gasteiger partial charge is 0.269 e. The van der Waals surface area contributed by atoms with E-state index in [9.17, 15) is 9.18 Å². The van der Waals surface area contributed by atoms with E-state index in [4.69, 9.17) is 4.74 Å². The molecule has 0 radical (unpaired) electrons. The molecule has 0 saturated carbocycles. The van der Waals surface area contributed by atoms with Crippen molar-refractivity contribution in [1.29, 1.82) is 0 Å². The molecule has 4 rings (SSSR count). The molecule has 0 atom stereocenters. The largest absolute Gasteiger partial charge is 0.454 e. The number of piperidine rings is 1. The van der Waals surface area contributed by atoms with Gasteiger partial charge in [-0.2, -0.15) is 0 Å². The van der Waals surface area contributed by atoms with E-state index >= 15 is 0 Å². The highest BCUT2D eigenvalue weighted by atomic mass is 19.1. The highest BCUT2D eigenvalue weighted by Gasteiger charge is 2.12. The van der Waals surface area contributed by atoms with Crippen LogP contribution in [-0.4, -0.2) is 42.0 Å². The summed E-state index contributed by atoms with van der Waals surface area (Å²) in [4.78, 5) is 19.4. The SMILES string of the molecule is O=C(NCCN1CCCCC1)c1cccc(-c2ccc(Oc3ccccc3F)cc2)n1. The summed E-state index contributed by atoms with van der Waals surface area (Å²) < 4.78 is 19.4. The first-order chi connectivity index (χ1) is 15.2. The number of ether oxygens (including phenoxy) is 1. The van der Waals surface area contributed by atoms with Gasteiger partial charge in [0, 0.05) is 18.7 Å². The molecular formula is C25H26FN3O2. The van der Waals surface area contributed by atoms with Gasteiger partial charge in [0.05, 0.1) is 5.69 Å². The highest BCUT2D eigenvalue weighted by molar-refractivity contribution is 5.92. The van der Waals surface area contributed by atoms with Crippen LogP contribution in [0.1, 0.15) is 29.8 Å². The number of rotatable bonds is 7. The number of pyridine rings is 1. The summed E-state index contributed by atoms with van der Waals surface area (Å²) in [6, 6.07) is 18.9. The lowest BCUT2D eigenvalue weighted by Crippen LogP contribution is -2.37. The second-order valence-electron chi connectivity index (χ2n) is 7.62. The molecule has 2 heterocycles. The van der Waals surface area contributed by atoms with Gasteiger partial charge < -0.3 is 15.0 Å². The quantitative estimate of drug-likeness (QED) is 0.592. The zero-order chi connectivity index (χ0) is 21.5. The first kappa shape index (κ1) is 21.0. The number of hydrogen-bond acceptors (Lipinski definition) is 4. The fourth-order valence-electron chi connectivity index (χ4n) is 3.67. The molecule has 2 aromatic carbocycles. The van der Waals surface area contributed by atoms with Gasteiger partial charge >= 0.3 is 0 Å². The van der Waals surface area contributed by atoms with Crippen LogP contribution < -0.4 is 10.1 Å². The third kappa shape index (κ3) is 5.67. The zero-order valence-corrected chi connectivity index (χ0v) is 17.4. The summed E-state index contributed by atoms with van der Waals surface area (Å²) in [5, 5.41) is 2.97. The summed E-state index contributed by atoms with van der Waals surface area (Å²) in [5.41, 5.74) is 1.94. The van der Waals surface area contributed by atoms with E-state index in [-0.39, 0.29) is 11.7 Å². The Hall–Kier alpha value is -3.25. The Morgan fingerprint density at radius 2 is 1.74 bits per heavy atom. The number of nitrogens with one attached hydrogen (secondary N) is 1. The van der Waals surface area contributed by atoms with E-state index in [1.165, 1.54) is 25.3 Å². The van der Waals surface area contributed by atoms with Crippen LogP contribution in [0.25, 0.3) is 11.3 Å². The number of aromatic nitrogens is 1. The molecule has 31 heavy (non-hydrogen) atoms. The predicted octanol–water partition coefficient (Wildman–Crippen LogP) is 4.90. The minimum atomic E-state index is -0.410. The van der Waals surface area contributed by atoms with Gasteiger partial charge in [-0.1, -0.05) is 24.6 Å². The number of nitrogens with zero attached hydrogens (tertiary/aromatic N) is 2. The van der Waals surface area contributed by atoms with Crippen LogP contribution in [0.3, 0.4) is 0 Å². The number of amides is 1. The molecule has 1 aliphatic rings. The van der Waals surface area contributed by atoms with E-state index in [1.807, 2.05) is 24.3 Å². The second kappa shape index (κ2) is 10.2. The zero-order valence-electron chi connectivity index (χ0n) is 17.4. The Kier molecular flexibility index (Phi) is 6.89. The summed E-state index contributed by atoms with van der Waals surface area (Å²) in [6.45, 7) is 3.71. The van der Waals surface area contributed by atoms with Crippen LogP contribution in [0.15, 0.2) is 66.7 Å². The van der Waals surface area contributed by atoms with Crippen molar-refractivity contribution in [1.82, 2.24) is 15.2 Å². The molecule has 3 aromatic rings. The normalized spacial score (nSPS) is 14.2. The lowest BCUT2D eigenvalue weighted by molar-refractivity contribution is 0.0941. The van der Waals surface area contributed by atoms with Crippen LogP contribution in [0.4, 0.5) is 4.39 Å². The molecule has 1 amide bonds. The molecule has 1 aliphatic heterocycles. The molecule has 1 fully saturated rings. The number of carbonyl (C=O) groups excluding carboxylic acids is 1. The number of benzene rings is 2. The summed E-state index contributed by atoms with van der Waals surface area (Å²) in [6.07, 6.45) is 3.78. The maximum absolute atomic E-state index is 13.8. The standard InChI is InChI=1S/C25H26FN3O2/c26-21-7-2-3-10-24(21)31-20-13-11-19(12-14-20)22-8-6-9-23(28-22)25(30)27-15-18-29-16-4-1-5-17-29/h2-3,6-14H,1,4-5,15-18H2,(H,27,30). The Morgan fingerprint density at radius 3 is 2.52 bits per heavy atom. The van der Waals surface area contributed by atoms with E-state index in [0.29, 0.717) is 23.7 Å². The number of halogens is 1. The first-order valence-corrected chi connectivity index (χ1v) is 10.7. The monoisotopic (exact) mass is 419 g/mol. The Labute approximate surface area is 181 Å². The summed E-state index contributed by atoms with van der Waals surface area (Å²) in [5.74, 6) is 0.127. The van der Waals surface area contributed by atoms with Crippen molar-refractivity contribution < 1.29 is 13.9 Å². The lowest BCUT2D eigenvalue weighted by Gasteiger charge is -2.26. The van der Waals surface area contributed by atoms with Crippen LogP contribution in [-0.2, 0) is 0 Å². The molecule has 6 heteroatoms.